The fourth-order valence-corrected chi connectivity index (χ4v) is 4.39. The second kappa shape index (κ2) is 8.99. The van der Waals surface area contributed by atoms with Crippen LogP contribution in [0.1, 0.15) is 20.7 Å². The number of sulfonamides is 1. The number of rotatable bonds is 4. The number of ether oxygens (including phenoxy) is 1. The van der Waals surface area contributed by atoms with Gasteiger partial charge in [0.1, 0.15) is 10.7 Å². The average Bonchev–Trinajstić information content (AvgIpc) is 2.73. The number of nitrogens with one attached hydrogen (secondary N) is 2. The number of nitrogens with zero attached hydrogens (tertiary/aromatic N) is 1. The van der Waals surface area contributed by atoms with Crippen LogP contribution in [0, 0.1) is 5.82 Å². The topological polar surface area (TPSA) is 105 Å². The number of amides is 2. The van der Waals surface area contributed by atoms with Crippen molar-refractivity contribution in [3.63, 3.8) is 0 Å². The Morgan fingerprint density at radius 3 is 2.14 bits per heavy atom. The minimum Gasteiger partial charge on any atom is -0.379 e. The number of carbonyl (C=O) groups is 2. The summed E-state index contributed by atoms with van der Waals surface area (Å²) in [4.78, 5) is 23.8. The second-order valence-corrected chi connectivity index (χ2v) is 8.90. The van der Waals surface area contributed by atoms with Gasteiger partial charge in [-0.2, -0.15) is 4.31 Å². The van der Waals surface area contributed by atoms with Gasteiger partial charge in [-0.05, 0) is 42.5 Å². The molecule has 0 unspecified atom stereocenters. The molecule has 3 rings (SSSR count). The molecule has 1 saturated heterocycles. The van der Waals surface area contributed by atoms with Crippen LogP contribution < -0.4 is 10.9 Å². The fourth-order valence-electron chi connectivity index (χ4n) is 2.63. The van der Waals surface area contributed by atoms with Crippen LogP contribution in [0.3, 0.4) is 0 Å². The predicted octanol–water partition coefficient (Wildman–Crippen LogP) is 1.68. The third-order valence-corrected chi connectivity index (χ3v) is 6.62. The van der Waals surface area contributed by atoms with E-state index in [4.69, 9.17) is 4.74 Å². The quantitative estimate of drug-likeness (QED) is 0.641. The van der Waals surface area contributed by atoms with Crippen LogP contribution in [0.4, 0.5) is 4.39 Å². The van der Waals surface area contributed by atoms with Gasteiger partial charge in [0.25, 0.3) is 11.8 Å². The summed E-state index contributed by atoms with van der Waals surface area (Å²) >= 11 is 3.25. The van der Waals surface area contributed by atoms with Crippen molar-refractivity contribution >= 4 is 37.8 Å². The summed E-state index contributed by atoms with van der Waals surface area (Å²) in [7, 11) is -4.12. The maximum absolute atomic E-state index is 14.2. The number of halogens is 2. The van der Waals surface area contributed by atoms with Crippen molar-refractivity contribution in [3.8, 4) is 0 Å². The highest BCUT2D eigenvalue weighted by Gasteiger charge is 2.29. The molecule has 1 aliphatic heterocycles. The van der Waals surface area contributed by atoms with Crippen LogP contribution in [-0.2, 0) is 14.8 Å². The molecule has 11 heteroatoms. The van der Waals surface area contributed by atoms with Crippen molar-refractivity contribution < 1.29 is 27.1 Å². The van der Waals surface area contributed by atoms with Crippen molar-refractivity contribution in [2.75, 3.05) is 26.3 Å². The van der Waals surface area contributed by atoms with Gasteiger partial charge in [-0.3, -0.25) is 20.4 Å². The summed E-state index contributed by atoms with van der Waals surface area (Å²) in [5.74, 6) is -2.31. The molecule has 0 atom stereocenters. The summed E-state index contributed by atoms with van der Waals surface area (Å²) in [5, 5.41) is 0. The molecule has 0 aliphatic carbocycles. The van der Waals surface area contributed by atoms with Crippen LogP contribution in [-0.4, -0.2) is 50.8 Å². The molecule has 1 fully saturated rings. The van der Waals surface area contributed by atoms with E-state index >= 15 is 0 Å². The van der Waals surface area contributed by atoms with E-state index in [9.17, 15) is 22.4 Å². The molecule has 2 aromatic rings. The fraction of sp³-hybridized carbons (Fsp3) is 0.222. The Morgan fingerprint density at radius 1 is 0.966 bits per heavy atom. The van der Waals surface area contributed by atoms with Gasteiger partial charge >= 0.3 is 0 Å². The van der Waals surface area contributed by atoms with Crippen LogP contribution >= 0.6 is 15.9 Å². The Labute approximate surface area is 175 Å². The van der Waals surface area contributed by atoms with Crippen LogP contribution in [0.2, 0.25) is 0 Å². The van der Waals surface area contributed by atoms with E-state index in [-0.39, 0.29) is 31.9 Å². The molecule has 2 aromatic carbocycles. The number of benzene rings is 2. The first-order chi connectivity index (χ1) is 13.8. The lowest BCUT2D eigenvalue weighted by molar-refractivity contribution is 0.0729. The van der Waals surface area contributed by atoms with E-state index in [2.05, 4.69) is 26.8 Å². The summed E-state index contributed by atoms with van der Waals surface area (Å²) in [6, 6.07) is 9.42. The number of hydrazine groups is 1. The average molecular weight is 486 g/mol. The normalized spacial score (nSPS) is 15.0. The Kier molecular flexibility index (Phi) is 6.63. The zero-order chi connectivity index (χ0) is 21.0. The Bertz CT molecular complexity index is 1020. The molecule has 0 saturated carbocycles. The van der Waals surface area contributed by atoms with Gasteiger partial charge in [-0.25, -0.2) is 12.8 Å². The highest BCUT2D eigenvalue weighted by atomic mass is 79.9. The molecule has 29 heavy (non-hydrogen) atoms. The van der Waals surface area contributed by atoms with Gasteiger partial charge in [0.15, 0.2) is 0 Å². The summed E-state index contributed by atoms with van der Waals surface area (Å²) < 4.78 is 46.6. The van der Waals surface area contributed by atoms with Crippen molar-refractivity contribution in [2.45, 2.75) is 4.90 Å². The van der Waals surface area contributed by atoms with Crippen molar-refractivity contribution in [3.05, 3.63) is 63.9 Å². The van der Waals surface area contributed by atoms with E-state index in [1.165, 1.54) is 0 Å². The summed E-state index contributed by atoms with van der Waals surface area (Å²) in [5.41, 5.74) is 4.61. The van der Waals surface area contributed by atoms with Gasteiger partial charge < -0.3 is 4.74 Å². The first kappa shape index (κ1) is 21.4. The Balaban J connectivity index is 1.73. The molecule has 0 bridgehead atoms. The largest absolute Gasteiger partial charge is 0.379 e. The maximum Gasteiger partial charge on any atom is 0.269 e. The standard InChI is InChI=1S/C18H17BrFN3O5S/c19-14-4-1-12(2-5-14)17(24)21-22-18(25)13-3-6-15(20)16(11-13)29(26,27)23-7-9-28-10-8-23/h1-6,11H,7-10H2,(H,21,24)(H,22,25). The zero-order valence-corrected chi connectivity index (χ0v) is 17.4. The minimum absolute atomic E-state index is 0.0987. The lowest BCUT2D eigenvalue weighted by Crippen LogP contribution is -2.42. The lowest BCUT2D eigenvalue weighted by Gasteiger charge is -2.26. The molecule has 2 amide bonds. The van der Waals surface area contributed by atoms with E-state index in [1.54, 1.807) is 24.3 Å². The zero-order valence-electron chi connectivity index (χ0n) is 15.0. The molecule has 1 aliphatic rings. The molecule has 8 nitrogen and oxygen atoms in total. The third-order valence-electron chi connectivity index (χ3n) is 4.18. The van der Waals surface area contributed by atoms with Crippen LogP contribution in [0.5, 0.6) is 0 Å². The molecular formula is C18H17BrFN3O5S. The van der Waals surface area contributed by atoms with Crippen molar-refractivity contribution in [2.24, 2.45) is 0 Å². The minimum atomic E-state index is -4.12. The number of hydrogen-bond acceptors (Lipinski definition) is 5. The van der Waals surface area contributed by atoms with E-state index in [0.29, 0.717) is 5.56 Å². The molecule has 0 aromatic heterocycles. The Hall–Kier alpha value is -2.34. The van der Waals surface area contributed by atoms with Gasteiger partial charge in [0, 0.05) is 28.7 Å². The van der Waals surface area contributed by atoms with Gasteiger partial charge in [-0.1, -0.05) is 15.9 Å². The summed E-state index contributed by atoms with van der Waals surface area (Å²) in [6.07, 6.45) is 0. The highest BCUT2D eigenvalue weighted by Crippen LogP contribution is 2.22. The van der Waals surface area contributed by atoms with Gasteiger partial charge in [-0.15, -0.1) is 0 Å². The van der Waals surface area contributed by atoms with E-state index in [1.807, 2.05) is 0 Å². The monoisotopic (exact) mass is 485 g/mol. The van der Waals surface area contributed by atoms with Crippen LogP contribution in [0.25, 0.3) is 0 Å². The maximum atomic E-state index is 14.2. The van der Waals surface area contributed by atoms with E-state index in [0.717, 1.165) is 27.0 Å². The highest BCUT2D eigenvalue weighted by molar-refractivity contribution is 9.10. The lowest BCUT2D eigenvalue weighted by atomic mass is 10.2. The molecule has 1 heterocycles. The number of carbonyl (C=O) groups excluding carboxylic acids is 2. The SMILES string of the molecule is O=C(NNC(=O)c1ccc(F)c(S(=O)(=O)N2CCOCC2)c1)c1ccc(Br)cc1. The van der Waals surface area contributed by atoms with E-state index < -0.39 is 32.6 Å². The van der Waals surface area contributed by atoms with Gasteiger partial charge in [0.05, 0.1) is 13.2 Å². The first-order valence-electron chi connectivity index (χ1n) is 8.53. The first-order valence-corrected chi connectivity index (χ1v) is 10.8. The van der Waals surface area contributed by atoms with Crippen molar-refractivity contribution in [1.82, 2.24) is 15.2 Å². The molecular weight excluding hydrogens is 469 g/mol. The molecule has 0 spiro atoms. The predicted molar refractivity (Wildman–Crippen MR) is 105 cm³/mol. The van der Waals surface area contributed by atoms with Crippen LogP contribution in [0.15, 0.2) is 51.8 Å². The summed E-state index contributed by atoms with van der Waals surface area (Å²) in [6.45, 7) is 0.620. The smallest absolute Gasteiger partial charge is 0.269 e. The number of morpholine rings is 1. The Morgan fingerprint density at radius 2 is 1.52 bits per heavy atom. The second-order valence-electron chi connectivity index (χ2n) is 6.08. The van der Waals surface area contributed by atoms with Gasteiger partial charge in [0.2, 0.25) is 10.0 Å². The number of hydrogen-bond donors (Lipinski definition) is 2. The third kappa shape index (κ3) is 4.99. The molecule has 2 N–H and O–H groups in total. The molecule has 0 radical (unpaired) electrons. The van der Waals surface area contributed by atoms with Crippen molar-refractivity contribution in [1.29, 1.82) is 0 Å². The molecule has 154 valence electrons.